The SMILES string of the molecule is CCCN1CCSCCSCCSCCSCC1. The van der Waals surface area contributed by atoms with E-state index in [1.807, 2.05) is 0 Å². The normalized spacial score (nSPS) is 23.2. The van der Waals surface area contributed by atoms with Gasteiger partial charge in [0.05, 0.1) is 0 Å². The largest absolute Gasteiger partial charge is 0.302 e. The second-order valence-electron chi connectivity index (χ2n) is 4.29. The van der Waals surface area contributed by atoms with Crippen LogP contribution in [0.3, 0.4) is 0 Å². The first-order valence-corrected chi connectivity index (χ1v) is 11.6. The number of hydrogen-bond acceptors (Lipinski definition) is 5. The molecule has 5 heteroatoms. The van der Waals surface area contributed by atoms with E-state index in [0.29, 0.717) is 0 Å². The van der Waals surface area contributed by atoms with Gasteiger partial charge in [-0.25, -0.2) is 0 Å². The van der Waals surface area contributed by atoms with Gasteiger partial charge in [-0.05, 0) is 13.0 Å². The molecule has 1 nitrogen and oxygen atoms in total. The van der Waals surface area contributed by atoms with Gasteiger partial charge in [-0.1, -0.05) is 6.92 Å². The third-order valence-corrected chi connectivity index (χ3v) is 7.43. The van der Waals surface area contributed by atoms with E-state index >= 15 is 0 Å². The number of hydrogen-bond donors (Lipinski definition) is 0. The van der Waals surface area contributed by atoms with Crippen LogP contribution >= 0.6 is 47.0 Å². The highest BCUT2D eigenvalue weighted by Crippen LogP contribution is 2.13. The van der Waals surface area contributed by atoms with Crippen LogP contribution in [0.4, 0.5) is 0 Å². The second-order valence-corrected chi connectivity index (χ2v) is 9.19. The lowest BCUT2D eigenvalue weighted by atomic mass is 10.4. The van der Waals surface area contributed by atoms with Gasteiger partial charge < -0.3 is 4.90 Å². The quantitative estimate of drug-likeness (QED) is 0.760. The fourth-order valence-electron chi connectivity index (χ4n) is 1.80. The van der Waals surface area contributed by atoms with Crippen LogP contribution in [-0.2, 0) is 0 Å². The van der Waals surface area contributed by atoms with Crippen LogP contribution in [0.1, 0.15) is 13.3 Å². The van der Waals surface area contributed by atoms with E-state index in [1.165, 1.54) is 72.1 Å². The summed E-state index contributed by atoms with van der Waals surface area (Å²) >= 11 is 8.54. The lowest BCUT2D eigenvalue weighted by Gasteiger charge is -2.21. The lowest BCUT2D eigenvalue weighted by molar-refractivity contribution is 0.310. The Balaban J connectivity index is 2.20. The molecule has 0 atom stereocenters. The maximum absolute atomic E-state index is 2.65. The summed E-state index contributed by atoms with van der Waals surface area (Å²) in [6.45, 7) is 6.16. The van der Waals surface area contributed by atoms with Crippen molar-refractivity contribution in [1.82, 2.24) is 4.90 Å². The zero-order chi connectivity index (χ0) is 12.9. The van der Waals surface area contributed by atoms with Crippen molar-refractivity contribution in [2.75, 3.05) is 65.7 Å². The summed E-state index contributed by atoms with van der Waals surface area (Å²) in [5, 5.41) is 0. The van der Waals surface area contributed by atoms with Gasteiger partial charge >= 0.3 is 0 Å². The third kappa shape index (κ3) is 10.2. The molecule has 0 aliphatic carbocycles. The summed E-state index contributed by atoms with van der Waals surface area (Å²) in [5.74, 6) is 10.7. The van der Waals surface area contributed by atoms with E-state index in [1.54, 1.807) is 0 Å². The Hall–Kier alpha value is 1.36. The summed E-state index contributed by atoms with van der Waals surface area (Å²) in [5.41, 5.74) is 0. The van der Waals surface area contributed by atoms with Gasteiger partial charge in [-0.3, -0.25) is 0 Å². The Morgan fingerprint density at radius 2 is 1.06 bits per heavy atom. The molecule has 0 aromatic rings. The molecule has 1 aliphatic rings. The standard InChI is InChI=1S/C13H27NS4/c1-2-3-14-4-6-15-8-10-17-12-13-18-11-9-16-7-5-14/h2-13H2,1H3. The summed E-state index contributed by atoms with van der Waals surface area (Å²) in [6, 6.07) is 0. The van der Waals surface area contributed by atoms with E-state index in [0.717, 1.165) is 0 Å². The average molecular weight is 326 g/mol. The molecule has 108 valence electrons. The second kappa shape index (κ2) is 13.3. The molecule has 0 aromatic heterocycles. The van der Waals surface area contributed by atoms with Gasteiger partial charge in [0.25, 0.3) is 0 Å². The highest BCUT2D eigenvalue weighted by atomic mass is 32.2. The molecule has 0 unspecified atom stereocenters. The molecule has 1 saturated heterocycles. The van der Waals surface area contributed by atoms with Gasteiger partial charge in [-0.15, -0.1) is 0 Å². The first-order chi connectivity index (χ1) is 8.93. The molecule has 0 radical (unpaired) electrons. The number of thioether (sulfide) groups is 4. The van der Waals surface area contributed by atoms with Crippen molar-refractivity contribution in [3.8, 4) is 0 Å². The topological polar surface area (TPSA) is 3.24 Å². The molecule has 0 bridgehead atoms. The number of nitrogens with zero attached hydrogens (tertiary/aromatic N) is 1. The minimum absolute atomic E-state index is 1.28. The molecule has 0 N–H and O–H groups in total. The lowest BCUT2D eigenvalue weighted by Crippen LogP contribution is -2.29. The third-order valence-electron chi connectivity index (χ3n) is 2.76. The maximum atomic E-state index is 2.65. The molecule has 0 spiro atoms. The van der Waals surface area contributed by atoms with Crippen molar-refractivity contribution >= 4 is 47.0 Å². The number of rotatable bonds is 2. The van der Waals surface area contributed by atoms with Crippen molar-refractivity contribution < 1.29 is 0 Å². The van der Waals surface area contributed by atoms with Crippen LogP contribution < -0.4 is 0 Å². The first kappa shape index (κ1) is 17.4. The van der Waals surface area contributed by atoms with E-state index in [9.17, 15) is 0 Å². The molecular formula is C13H27NS4. The Kier molecular flexibility index (Phi) is 12.9. The Labute approximate surface area is 130 Å². The highest BCUT2D eigenvalue weighted by molar-refractivity contribution is 8.05. The zero-order valence-corrected chi connectivity index (χ0v) is 14.8. The van der Waals surface area contributed by atoms with Crippen LogP contribution in [0, 0.1) is 0 Å². The Morgan fingerprint density at radius 3 is 1.44 bits per heavy atom. The van der Waals surface area contributed by atoms with Crippen molar-refractivity contribution in [1.29, 1.82) is 0 Å². The van der Waals surface area contributed by atoms with Crippen molar-refractivity contribution in [3.05, 3.63) is 0 Å². The molecule has 1 heterocycles. The van der Waals surface area contributed by atoms with E-state index < -0.39 is 0 Å². The van der Waals surface area contributed by atoms with Gasteiger partial charge in [0.15, 0.2) is 0 Å². The maximum Gasteiger partial charge on any atom is 0.00727 e. The molecule has 0 amide bonds. The predicted molar refractivity (Wildman–Crippen MR) is 96.0 cm³/mol. The fraction of sp³-hybridized carbons (Fsp3) is 1.00. The first-order valence-electron chi connectivity index (χ1n) is 6.97. The van der Waals surface area contributed by atoms with Crippen LogP contribution in [-0.4, -0.2) is 70.6 Å². The monoisotopic (exact) mass is 325 g/mol. The van der Waals surface area contributed by atoms with E-state index in [-0.39, 0.29) is 0 Å². The van der Waals surface area contributed by atoms with Gasteiger partial charge in [0, 0.05) is 59.1 Å². The average Bonchev–Trinajstić information content (AvgIpc) is 2.39. The van der Waals surface area contributed by atoms with E-state index in [2.05, 4.69) is 58.9 Å². The van der Waals surface area contributed by atoms with Crippen molar-refractivity contribution in [2.24, 2.45) is 0 Å². The smallest absolute Gasteiger partial charge is 0.00727 e. The zero-order valence-electron chi connectivity index (χ0n) is 11.6. The molecule has 1 rings (SSSR count). The van der Waals surface area contributed by atoms with Crippen LogP contribution in [0.2, 0.25) is 0 Å². The molecule has 0 saturated carbocycles. The molecule has 1 aliphatic heterocycles. The summed E-state index contributed by atoms with van der Waals surface area (Å²) in [6.07, 6.45) is 1.29. The fourth-order valence-corrected chi connectivity index (χ4v) is 6.22. The Morgan fingerprint density at radius 1 is 0.667 bits per heavy atom. The highest BCUT2D eigenvalue weighted by Gasteiger charge is 2.04. The Bertz CT molecular complexity index is 164. The van der Waals surface area contributed by atoms with Crippen molar-refractivity contribution in [3.63, 3.8) is 0 Å². The summed E-state index contributed by atoms with van der Waals surface area (Å²) in [7, 11) is 0. The van der Waals surface area contributed by atoms with Crippen LogP contribution in [0.15, 0.2) is 0 Å². The van der Waals surface area contributed by atoms with Crippen molar-refractivity contribution in [2.45, 2.75) is 13.3 Å². The van der Waals surface area contributed by atoms with Gasteiger partial charge in [0.1, 0.15) is 0 Å². The molecular weight excluding hydrogens is 298 g/mol. The molecule has 0 aromatic carbocycles. The van der Waals surface area contributed by atoms with Crippen LogP contribution in [0.25, 0.3) is 0 Å². The van der Waals surface area contributed by atoms with Crippen LogP contribution in [0.5, 0.6) is 0 Å². The molecule has 1 fully saturated rings. The van der Waals surface area contributed by atoms with E-state index in [4.69, 9.17) is 0 Å². The van der Waals surface area contributed by atoms with Gasteiger partial charge in [-0.2, -0.15) is 47.0 Å². The molecule has 18 heavy (non-hydrogen) atoms. The summed E-state index contributed by atoms with van der Waals surface area (Å²) < 4.78 is 0. The summed E-state index contributed by atoms with van der Waals surface area (Å²) in [4.78, 5) is 2.65. The minimum Gasteiger partial charge on any atom is -0.302 e. The predicted octanol–water partition coefficient (Wildman–Crippen LogP) is 3.64. The van der Waals surface area contributed by atoms with Gasteiger partial charge in [0.2, 0.25) is 0 Å². The minimum atomic E-state index is 1.28.